The molecule has 3 nitrogen and oxygen atoms in total. The van der Waals surface area contributed by atoms with E-state index in [9.17, 15) is 4.39 Å². The van der Waals surface area contributed by atoms with Crippen molar-refractivity contribution >= 4 is 11.6 Å². The van der Waals surface area contributed by atoms with Gasteiger partial charge in [-0.25, -0.2) is 4.39 Å². The van der Waals surface area contributed by atoms with Crippen molar-refractivity contribution in [3.8, 4) is 0 Å². The van der Waals surface area contributed by atoms with E-state index in [1.807, 2.05) is 6.07 Å². The summed E-state index contributed by atoms with van der Waals surface area (Å²) >= 11 is 5.70. The van der Waals surface area contributed by atoms with E-state index in [0.29, 0.717) is 6.04 Å². The summed E-state index contributed by atoms with van der Waals surface area (Å²) < 4.78 is 19.2. The highest BCUT2D eigenvalue weighted by Crippen LogP contribution is 2.24. The third-order valence-corrected chi connectivity index (χ3v) is 4.35. The number of likely N-dealkylation sites (N-methyl/N-ethyl adjacent to an activating group) is 1. The number of hydrogen-bond donors (Lipinski definition) is 0. The van der Waals surface area contributed by atoms with E-state index in [2.05, 4.69) is 16.8 Å². The van der Waals surface area contributed by atoms with Crippen LogP contribution in [0.2, 0.25) is 5.02 Å². The van der Waals surface area contributed by atoms with Crippen LogP contribution in [0.4, 0.5) is 4.39 Å². The molecule has 1 aromatic carbocycles. The molecule has 2 aliphatic heterocycles. The number of morpholine rings is 1. The van der Waals surface area contributed by atoms with E-state index in [1.165, 1.54) is 6.07 Å². The number of benzene rings is 1. The molecule has 5 heteroatoms. The van der Waals surface area contributed by atoms with E-state index in [-0.39, 0.29) is 16.9 Å². The second-order valence-corrected chi connectivity index (χ2v) is 5.81. The van der Waals surface area contributed by atoms with Gasteiger partial charge in [0, 0.05) is 32.2 Å². The van der Waals surface area contributed by atoms with Gasteiger partial charge in [0.1, 0.15) is 5.82 Å². The molecule has 2 atom stereocenters. The third-order valence-electron chi connectivity index (χ3n) is 4.04. The summed E-state index contributed by atoms with van der Waals surface area (Å²) in [7, 11) is 2.14. The van der Waals surface area contributed by atoms with Crippen molar-refractivity contribution in [1.82, 2.24) is 9.80 Å². The van der Waals surface area contributed by atoms with Crippen molar-refractivity contribution in [1.29, 1.82) is 0 Å². The Hall–Kier alpha value is -0.680. The summed E-state index contributed by atoms with van der Waals surface area (Å²) in [6.45, 7) is 4.44. The van der Waals surface area contributed by atoms with Gasteiger partial charge in [-0.2, -0.15) is 0 Å². The van der Waals surface area contributed by atoms with E-state index in [4.69, 9.17) is 16.3 Å². The molecular formula is C14H18ClFN2O. The average Bonchev–Trinajstić information content (AvgIpc) is 2.78. The maximum absolute atomic E-state index is 13.4. The standard InChI is InChI=1S/C14H18ClFN2O/c1-17-4-5-19-14-9-18(8-13(14)17)7-10-2-3-11(15)12(16)6-10/h2-3,6,13-14H,4-5,7-9H2,1H3. The van der Waals surface area contributed by atoms with Crippen LogP contribution in [0.15, 0.2) is 18.2 Å². The van der Waals surface area contributed by atoms with Gasteiger partial charge >= 0.3 is 0 Å². The van der Waals surface area contributed by atoms with Crippen molar-refractivity contribution < 1.29 is 9.13 Å². The van der Waals surface area contributed by atoms with Crippen molar-refractivity contribution in [2.75, 3.05) is 33.3 Å². The van der Waals surface area contributed by atoms with Gasteiger partial charge in [-0.1, -0.05) is 17.7 Å². The molecule has 104 valence electrons. The Morgan fingerprint density at radius 3 is 3.00 bits per heavy atom. The number of nitrogens with zero attached hydrogens (tertiary/aromatic N) is 2. The van der Waals surface area contributed by atoms with Crippen molar-refractivity contribution in [2.24, 2.45) is 0 Å². The van der Waals surface area contributed by atoms with Crippen LogP contribution in [0.25, 0.3) is 0 Å². The Kier molecular flexibility index (Phi) is 3.76. The van der Waals surface area contributed by atoms with Crippen LogP contribution in [0.3, 0.4) is 0 Å². The summed E-state index contributed by atoms with van der Waals surface area (Å²) in [5.41, 5.74) is 0.961. The highest BCUT2D eigenvalue weighted by Gasteiger charge is 2.38. The zero-order valence-electron chi connectivity index (χ0n) is 11.0. The molecule has 0 amide bonds. The Balaban J connectivity index is 1.66. The van der Waals surface area contributed by atoms with Crippen molar-refractivity contribution in [3.63, 3.8) is 0 Å². The summed E-state index contributed by atoms with van der Waals surface area (Å²) in [6.07, 6.45) is 0.288. The topological polar surface area (TPSA) is 15.7 Å². The van der Waals surface area contributed by atoms with E-state index >= 15 is 0 Å². The maximum atomic E-state index is 13.4. The zero-order chi connectivity index (χ0) is 13.4. The van der Waals surface area contributed by atoms with Gasteiger partial charge in [0.15, 0.2) is 0 Å². The highest BCUT2D eigenvalue weighted by atomic mass is 35.5. The van der Waals surface area contributed by atoms with Crippen LogP contribution in [0, 0.1) is 5.82 Å². The minimum Gasteiger partial charge on any atom is -0.374 e. The van der Waals surface area contributed by atoms with Crippen LogP contribution in [0.1, 0.15) is 5.56 Å². The summed E-state index contributed by atoms with van der Waals surface area (Å²) in [5.74, 6) is -0.343. The summed E-state index contributed by atoms with van der Waals surface area (Å²) in [4.78, 5) is 4.68. The molecule has 0 aromatic heterocycles. The summed E-state index contributed by atoms with van der Waals surface area (Å²) in [5, 5.41) is 0.182. The quantitative estimate of drug-likeness (QED) is 0.826. The molecule has 0 saturated carbocycles. The highest BCUT2D eigenvalue weighted by molar-refractivity contribution is 6.30. The molecule has 2 unspecified atom stereocenters. The lowest BCUT2D eigenvalue weighted by Gasteiger charge is -2.33. The number of ether oxygens (including phenoxy) is 1. The fraction of sp³-hybridized carbons (Fsp3) is 0.571. The Bertz CT molecular complexity index is 471. The Morgan fingerprint density at radius 1 is 1.42 bits per heavy atom. The normalized spacial score (nSPS) is 28.6. The first-order chi connectivity index (χ1) is 9.13. The molecule has 3 rings (SSSR count). The number of fused-ring (bicyclic) bond motifs is 1. The number of halogens is 2. The smallest absolute Gasteiger partial charge is 0.142 e. The maximum Gasteiger partial charge on any atom is 0.142 e. The molecule has 2 heterocycles. The molecule has 0 aliphatic carbocycles. The fourth-order valence-electron chi connectivity index (χ4n) is 2.96. The minimum absolute atomic E-state index is 0.182. The minimum atomic E-state index is -0.343. The third kappa shape index (κ3) is 2.77. The van der Waals surface area contributed by atoms with Crippen LogP contribution < -0.4 is 0 Å². The van der Waals surface area contributed by atoms with Gasteiger partial charge in [0.2, 0.25) is 0 Å². The summed E-state index contributed by atoms with van der Waals surface area (Å²) in [6, 6.07) is 5.50. The molecule has 0 N–H and O–H groups in total. The largest absolute Gasteiger partial charge is 0.374 e. The lowest BCUT2D eigenvalue weighted by atomic mass is 10.1. The average molecular weight is 285 g/mol. The van der Waals surface area contributed by atoms with E-state index in [0.717, 1.165) is 38.3 Å². The van der Waals surface area contributed by atoms with Gasteiger partial charge in [-0.05, 0) is 24.7 Å². The molecule has 0 radical (unpaired) electrons. The first kappa shape index (κ1) is 13.3. The lowest BCUT2D eigenvalue weighted by Crippen LogP contribution is -2.48. The SMILES string of the molecule is CN1CCOC2CN(Cc3ccc(Cl)c(F)c3)CC21. The Morgan fingerprint density at radius 2 is 2.26 bits per heavy atom. The molecule has 0 bridgehead atoms. The first-order valence-electron chi connectivity index (χ1n) is 6.61. The molecular weight excluding hydrogens is 267 g/mol. The monoisotopic (exact) mass is 284 g/mol. The molecule has 0 spiro atoms. The second kappa shape index (κ2) is 5.37. The molecule has 2 aliphatic rings. The van der Waals surface area contributed by atoms with Gasteiger partial charge in [0.25, 0.3) is 0 Å². The number of rotatable bonds is 2. The molecule has 2 fully saturated rings. The van der Waals surface area contributed by atoms with Crippen molar-refractivity contribution in [2.45, 2.75) is 18.7 Å². The predicted molar refractivity (Wildman–Crippen MR) is 72.8 cm³/mol. The van der Waals surface area contributed by atoms with Crippen LogP contribution in [0.5, 0.6) is 0 Å². The molecule has 19 heavy (non-hydrogen) atoms. The number of hydrogen-bond acceptors (Lipinski definition) is 3. The van der Waals surface area contributed by atoms with Gasteiger partial charge in [0.05, 0.1) is 17.7 Å². The molecule has 1 aromatic rings. The second-order valence-electron chi connectivity index (χ2n) is 5.40. The predicted octanol–water partition coefficient (Wildman–Crippen LogP) is 1.99. The van der Waals surface area contributed by atoms with Crippen molar-refractivity contribution in [3.05, 3.63) is 34.6 Å². The van der Waals surface area contributed by atoms with Crippen LogP contribution >= 0.6 is 11.6 Å². The van der Waals surface area contributed by atoms with Gasteiger partial charge < -0.3 is 4.74 Å². The van der Waals surface area contributed by atoms with E-state index in [1.54, 1.807) is 6.07 Å². The lowest BCUT2D eigenvalue weighted by molar-refractivity contribution is -0.0370. The fourth-order valence-corrected chi connectivity index (χ4v) is 3.08. The zero-order valence-corrected chi connectivity index (χ0v) is 11.7. The molecule has 2 saturated heterocycles. The number of likely N-dealkylation sites (tertiary alicyclic amines) is 1. The van der Waals surface area contributed by atoms with E-state index < -0.39 is 0 Å². The Labute approximate surface area is 117 Å². The van der Waals surface area contributed by atoms with Crippen LogP contribution in [-0.4, -0.2) is 55.2 Å². The van der Waals surface area contributed by atoms with Gasteiger partial charge in [-0.3, -0.25) is 9.80 Å². The first-order valence-corrected chi connectivity index (χ1v) is 6.99. The van der Waals surface area contributed by atoms with Crippen LogP contribution in [-0.2, 0) is 11.3 Å². The van der Waals surface area contributed by atoms with Gasteiger partial charge in [-0.15, -0.1) is 0 Å².